The third-order valence-electron chi connectivity index (χ3n) is 11.9. The van der Waals surface area contributed by atoms with Crippen LogP contribution in [0.4, 0.5) is 0 Å². The minimum absolute atomic E-state index is 0.174. The van der Waals surface area contributed by atoms with Crippen LogP contribution in [0.25, 0.3) is 100 Å². The zero-order valence-electron chi connectivity index (χ0n) is 35.5. The molecule has 6 N–H and O–H groups in total. The summed E-state index contributed by atoms with van der Waals surface area (Å²) >= 11 is 0. The second-order valence-electron chi connectivity index (χ2n) is 16.5. The van der Waals surface area contributed by atoms with Crippen molar-refractivity contribution in [3.05, 3.63) is 218 Å². The molecule has 0 unspecified atom stereocenters. The molecule has 6 heteroatoms. The van der Waals surface area contributed by atoms with Gasteiger partial charge in [0.15, 0.2) is 0 Å². The molecular formula is C60H42O6. The van der Waals surface area contributed by atoms with Crippen LogP contribution in [0, 0.1) is 0 Å². The van der Waals surface area contributed by atoms with Gasteiger partial charge in [-0.05, 0) is 246 Å². The van der Waals surface area contributed by atoms with Crippen molar-refractivity contribution in [3.63, 3.8) is 0 Å². The van der Waals surface area contributed by atoms with Crippen LogP contribution in [0.5, 0.6) is 34.5 Å². The van der Waals surface area contributed by atoms with Crippen molar-refractivity contribution in [1.82, 2.24) is 0 Å². The molecule has 0 saturated carbocycles. The quantitative estimate of drug-likeness (QED) is 0.0860. The summed E-state index contributed by atoms with van der Waals surface area (Å²) in [5.74, 6) is 1.05. The molecule has 0 aliphatic rings. The molecule has 0 fully saturated rings. The zero-order chi connectivity index (χ0) is 45.3. The lowest BCUT2D eigenvalue weighted by molar-refractivity contribution is 0.475. The number of aromatic hydroxyl groups is 6. The zero-order valence-corrected chi connectivity index (χ0v) is 35.5. The normalized spacial score (nSPS) is 11.1. The Hall–Kier alpha value is -9.00. The Morgan fingerprint density at radius 2 is 0.212 bits per heavy atom. The van der Waals surface area contributed by atoms with Gasteiger partial charge in [0.25, 0.3) is 0 Å². The van der Waals surface area contributed by atoms with Crippen LogP contribution in [0.3, 0.4) is 0 Å². The van der Waals surface area contributed by atoms with Gasteiger partial charge in [-0.1, -0.05) is 72.8 Å². The first-order valence-corrected chi connectivity index (χ1v) is 21.4. The minimum Gasteiger partial charge on any atom is -0.508 e. The molecule has 0 spiro atoms. The van der Waals surface area contributed by atoms with Crippen LogP contribution >= 0.6 is 0 Å². The summed E-state index contributed by atoms with van der Waals surface area (Å²) in [6, 6.07) is 68.8. The molecule has 10 rings (SSSR count). The SMILES string of the molecule is Oc1ccc(-c2cc(-c3ccc(O)cc3)cc(-c3cc(-c4cc(-c5ccc(O)cc5)cc(-c5ccc(O)cc5)c4)cc(-c4cc(-c5ccc(O)cc5)cc(-c5ccc(O)cc5)c4)c3)c2)cc1. The van der Waals surface area contributed by atoms with Crippen molar-refractivity contribution in [2.24, 2.45) is 0 Å². The molecule has 0 aliphatic carbocycles. The van der Waals surface area contributed by atoms with Gasteiger partial charge in [0, 0.05) is 0 Å². The lowest BCUT2D eigenvalue weighted by atomic mass is 9.87. The van der Waals surface area contributed by atoms with E-state index in [0.717, 1.165) is 100 Å². The fourth-order valence-electron chi connectivity index (χ4n) is 8.43. The van der Waals surface area contributed by atoms with Crippen molar-refractivity contribution < 1.29 is 30.6 Å². The topological polar surface area (TPSA) is 121 Å². The van der Waals surface area contributed by atoms with E-state index in [0.29, 0.717) is 0 Å². The Morgan fingerprint density at radius 3 is 0.318 bits per heavy atom. The highest BCUT2D eigenvalue weighted by atomic mass is 16.3. The summed E-state index contributed by atoms with van der Waals surface area (Å²) < 4.78 is 0. The number of rotatable bonds is 9. The smallest absolute Gasteiger partial charge is 0.115 e. The minimum atomic E-state index is 0.174. The van der Waals surface area contributed by atoms with Crippen LogP contribution in [0.15, 0.2) is 218 Å². The molecule has 6 nitrogen and oxygen atoms in total. The van der Waals surface area contributed by atoms with Gasteiger partial charge in [-0.2, -0.15) is 0 Å². The molecule has 0 aliphatic heterocycles. The van der Waals surface area contributed by atoms with E-state index in [4.69, 9.17) is 0 Å². The van der Waals surface area contributed by atoms with Crippen molar-refractivity contribution in [2.45, 2.75) is 0 Å². The van der Waals surface area contributed by atoms with Gasteiger partial charge in [-0.3, -0.25) is 0 Å². The highest BCUT2D eigenvalue weighted by Gasteiger charge is 2.16. The molecule has 0 atom stereocenters. The molecule has 0 radical (unpaired) electrons. The maximum absolute atomic E-state index is 10.2. The van der Waals surface area contributed by atoms with E-state index in [1.165, 1.54) is 0 Å². The molecule has 66 heavy (non-hydrogen) atoms. The number of hydrogen-bond donors (Lipinski definition) is 6. The Bertz CT molecular complexity index is 2790. The van der Waals surface area contributed by atoms with Crippen LogP contribution in [0.2, 0.25) is 0 Å². The first kappa shape index (κ1) is 41.0. The molecular weight excluding hydrogens is 817 g/mol. The predicted molar refractivity (Wildman–Crippen MR) is 265 cm³/mol. The van der Waals surface area contributed by atoms with Crippen molar-refractivity contribution in [1.29, 1.82) is 0 Å². The highest BCUT2D eigenvalue weighted by Crippen LogP contribution is 2.42. The van der Waals surface area contributed by atoms with Gasteiger partial charge in [0.2, 0.25) is 0 Å². The second kappa shape index (κ2) is 17.3. The Morgan fingerprint density at radius 1 is 0.121 bits per heavy atom. The Kier molecular flexibility index (Phi) is 10.7. The number of benzene rings is 10. The Labute approximate surface area is 382 Å². The number of phenols is 6. The molecule has 0 heterocycles. The first-order chi connectivity index (χ1) is 32.1. The van der Waals surface area contributed by atoms with Gasteiger partial charge < -0.3 is 30.6 Å². The number of hydrogen-bond acceptors (Lipinski definition) is 6. The van der Waals surface area contributed by atoms with Crippen molar-refractivity contribution in [2.75, 3.05) is 0 Å². The third-order valence-corrected chi connectivity index (χ3v) is 11.9. The van der Waals surface area contributed by atoms with E-state index >= 15 is 0 Å². The summed E-state index contributed by atoms with van der Waals surface area (Å²) in [6.07, 6.45) is 0. The molecule has 0 aromatic heterocycles. The van der Waals surface area contributed by atoms with Gasteiger partial charge >= 0.3 is 0 Å². The fraction of sp³-hybridized carbons (Fsp3) is 0. The van der Waals surface area contributed by atoms with Crippen molar-refractivity contribution in [3.8, 4) is 135 Å². The van der Waals surface area contributed by atoms with E-state index in [1.54, 1.807) is 72.8 Å². The molecule has 0 bridgehead atoms. The average molecular weight is 859 g/mol. The summed E-state index contributed by atoms with van der Waals surface area (Å²) in [5.41, 5.74) is 16.8. The fourth-order valence-corrected chi connectivity index (χ4v) is 8.43. The molecule has 0 saturated heterocycles. The average Bonchev–Trinajstić information content (AvgIpc) is 3.35. The summed E-state index contributed by atoms with van der Waals surface area (Å²) in [4.78, 5) is 0. The van der Waals surface area contributed by atoms with Crippen LogP contribution in [0.1, 0.15) is 0 Å². The maximum Gasteiger partial charge on any atom is 0.115 e. The number of phenolic OH excluding ortho intramolecular Hbond substituents is 6. The maximum atomic E-state index is 10.2. The van der Waals surface area contributed by atoms with Gasteiger partial charge in [-0.15, -0.1) is 0 Å². The van der Waals surface area contributed by atoms with Crippen LogP contribution in [-0.4, -0.2) is 30.6 Å². The lowest BCUT2D eigenvalue weighted by Gasteiger charge is -2.17. The predicted octanol–water partition coefficient (Wildman–Crippen LogP) is 14.9. The largest absolute Gasteiger partial charge is 0.508 e. The monoisotopic (exact) mass is 858 g/mol. The third kappa shape index (κ3) is 8.80. The van der Waals surface area contributed by atoms with E-state index in [1.807, 2.05) is 72.8 Å². The summed E-state index contributed by atoms with van der Waals surface area (Å²) in [5, 5.41) is 61.3. The summed E-state index contributed by atoms with van der Waals surface area (Å²) in [6.45, 7) is 0. The van der Waals surface area contributed by atoms with E-state index in [9.17, 15) is 30.6 Å². The lowest BCUT2D eigenvalue weighted by Crippen LogP contribution is -1.91. The van der Waals surface area contributed by atoms with E-state index < -0.39 is 0 Å². The second-order valence-corrected chi connectivity index (χ2v) is 16.5. The highest BCUT2D eigenvalue weighted by molar-refractivity contribution is 5.90. The molecule has 0 amide bonds. The van der Waals surface area contributed by atoms with E-state index in [2.05, 4.69) is 72.8 Å². The molecule has 318 valence electrons. The van der Waals surface area contributed by atoms with Crippen LogP contribution < -0.4 is 0 Å². The van der Waals surface area contributed by atoms with E-state index in [-0.39, 0.29) is 34.5 Å². The first-order valence-electron chi connectivity index (χ1n) is 21.4. The van der Waals surface area contributed by atoms with Crippen molar-refractivity contribution >= 4 is 0 Å². The van der Waals surface area contributed by atoms with Gasteiger partial charge in [-0.25, -0.2) is 0 Å². The summed E-state index contributed by atoms with van der Waals surface area (Å²) in [7, 11) is 0. The van der Waals surface area contributed by atoms with Gasteiger partial charge in [0.1, 0.15) is 34.5 Å². The van der Waals surface area contributed by atoms with Gasteiger partial charge in [0.05, 0.1) is 0 Å². The molecule has 10 aromatic carbocycles. The standard InChI is InChI=1S/C60H42O6/c61-55-13-1-37(2-14-55)43-25-44(38-3-15-56(62)16-4-38)29-49(28-43)52-34-53(50-30-45(39-5-17-57(63)18-6-39)26-46(31-50)40-7-19-58(64)20-8-40)36-54(35-52)51-32-47(41-9-21-59(65)22-10-41)27-48(33-51)42-11-23-60(66)24-12-42/h1-36,61-66H. The Balaban J connectivity index is 1.24. The van der Waals surface area contributed by atoms with Crippen LogP contribution in [-0.2, 0) is 0 Å². The molecule has 10 aromatic rings.